The number of oxime groups is 2. The standard InChI is InChI=1S/C17H35N5O6/c1-13(2)14(18)3-6-26-10-17(9-23,11-27-7-4-15(19)21-24)12-28-8-5-16(20)22-25/h23-25H,3-12,18H2,1-2H3,(H2,19,21)(H2,20,22). The molecular weight excluding hydrogens is 370 g/mol. The summed E-state index contributed by atoms with van der Waals surface area (Å²) in [6.07, 6.45) is 1.08. The second kappa shape index (κ2) is 14.9. The zero-order chi connectivity index (χ0) is 21.4. The van der Waals surface area contributed by atoms with Crippen LogP contribution in [-0.2, 0) is 14.2 Å². The second-order valence-electron chi connectivity index (χ2n) is 6.77. The van der Waals surface area contributed by atoms with Crippen molar-refractivity contribution in [3.63, 3.8) is 0 Å². The number of aliphatic hydroxyl groups excluding tert-OH is 1. The molecule has 0 rings (SSSR count). The molecule has 0 fully saturated rings. The van der Waals surface area contributed by atoms with Gasteiger partial charge in [0.1, 0.15) is 11.7 Å². The van der Waals surface area contributed by atoms with Gasteiger partial charge in [0.2, 0.25) is 0 Å². The summed E-state index contributed by atoms with van der Waals surface area (Å²) in [6.45, 7) is 4.92. The van der Waals surface area contributed by atoms with Crippen LogP contribution in [0, 0.1) is 5.41 Å². The lowest BCUT2D eigenvalue weighted by Crippen LogP contribution is -2.41. The maximum Gasteiger partial charge on any atom is 0.141 e. The van der Waals surface area contributed by atoms with Gasteiger partial charge >= 0.3 is 0 Å². The van der Waals surface area contributed by atoms with E-state index in [-0.39, 0.29) is 64.2 Å². The minimum Gasteiger partial charge on any atom is -0.409 e. The fraction of sp³-hybridized carbons (Fsp3) is 0.765. The van der Waals surface area contributed by atoms with Crippen molar-refractivity contribution < 1.29 is 29.7 Å². The molecule has 0 aliphatic rings. The molecule has 9 N–H and O–H groups in total. The molecule has 0 aromatic heterocycles. The lowest BCUT2D eigenvalue weighted by atomic mass is 9.92. The number of aliphatic hydroxyl groups is 1. The Labute approximate surface area is 165 Å². The van der Waals surface area contributed by atoms with Crippen LogP contribution in [0.25, 0.3) is 0 Å². The Balaban J connectivity index is 4.67. The Morgan fingerprint density at radius 2 is 1.18 bits per heavy atom. The molecule has 164 valence electrons. The molecule has 0 aliphatic heterocycles. The summed E-state index contributed by atoms with van der Waals surface area (Å²) in [5.41, 5.74) is 17.7. The van der Waals surface area contributed by atoms with E-state index < -0.39 is 5.41 Å². The number of hydrogen-bond acceptors (Lipinski definition) is 9. The summed E-state index contributed by atoms with van der Waals surface area (Å²) in [5.74, 6) is 0.108. The maximum absolute atomic E-state index is 9.93. The monoisotopic (exact) mass is 405 g/mol. The smallest absolute Gasteiger partial charge is 0.141 e. The van der Waals surface area contributed by atoms with Gasteiger partial charge in [-0.1, -0.05) is 15.9 Å². The summed E-state index contributed by atoms with van der Waals surface area (Å²) in [4.78, 5) is 0. The van der Waals surface area contributed by atoms with E-state index >= 15 is 0 Å². The van der Waals surface area contributed by atoms with Gasteiger partial charge in [-0.3, -0.25) is 0 Å². The van der Waals surface area contributed by atoms with Gasteiger partial charge in [-0.05, 0) is 13.8 Å². The van der Waals surface area contributed by atoms with Gasteiger partial charge < -0.3 is 46.9 Å². The van der Waals surface area contributed by atoms with E-state index in [1.54, 1.807) is 0 Å². The molecule has 0 saturated carbocycles. The Bertz CT molecular complexity index is 494. The van der Waals surface area contributed by atoms with Crippen molar-refractivity contribution in [1.29, 1.82) is 0 Å². The first-order valence-electron chi connectivity index (χ1n) is 8.99. The van der Waals surface area contributed by atoms with E-state index in [1.807, 2.05) is 13.8 Å². The van der Waals surface area contributed by atoms with Gasteiger partial charge in [-0.15, -0.1) is 0 Å². The molecule has 11 nitrogen and oxygen atoms in total. The highest BCUT2D eigenvalue weighted by molar-refractivity contribution is 5.79. The molecular formula is C17H35N5O6. The minimum absolute atomic E-state index is 0.0538. The Kier molecular flexibility index (Phi) is 13.8. The molecule has 1 unspecified atom stereocenters. The van der Waals surface area contributed by atoms with E-state index in [2.05, 4.69) is 10.3 Å². The number of hydrogen-bond donors (Lipinski definition) is 6. The van der Waals surface area contributed by atoms with Crippen molar-refractivity contribution >= 4 is 11.7 Å². The molecule has 0 aromatic rings. The first kappa shape index (κ1) is 25.9. The first-order chi connectivity index (χ1) is 13.3. The van der Waals surface area contributed by atoms with Crippen molar-refractivity contribution in [3.8, 4) is 0 Å². The number of rotatable bonds is 16. The first-order valence-corrected chi connectivity index (χ1v) is 8.99. The van der Waals surface area contributed by atoms with Crippen molar-refractivity contribution in [2.75, 3.05) is 46.2 Å². The summed E-state index contributed by atoms with van der Waals surface area (Å²) < 4.78 is 16.8. The number of amidine groups is 2. The quantitative estimate of drug-likeness (QED) is 0.0670. The Morgan fingerprint density at radius 1 is 0.786 bits per heavy atom. The van der Waals surface area contributed by atoms with Crippen molar-refractivity contribution in [2.45, 2.75) is 33.1 Å². The molecule has 1 atom stereocenters. The molecule has 28 heavy (non-hydrogen) atoms. The van der Waals surface area contributed by atoms with Gasteiger partial charge in [-0.2, -0.15) is 0 Å². The van der Waals surface area contributed by atoms with E-state index in [1.165, 1.54) is 0 Å². The van der Waals surface area contributed by atoms with Crippen LogP contribution in [0.3, 0.4) is 0 Å². The SMILES string of the molecule is CC(C)=C(N)CCOCC(CO)(COCC/C(N)=N/O)COCC/C(N)=N\O. The van der Waals surface area contributed by atoms with Crippen molar-refractivity contribution in [2.24, 2.45) is 32.9 Å². The third kappa shape index (κ3) is 11.6. The average molecular weight is 405 g/mol. The van der Waals surface area contributed by atoms with E-state index in [9.17, 15) is 5.11 Å². The van der Waals surface area contributed by atoms with Crippen LogP contribution >= 0.6 is 0 Å². The van der Waals surface area contributed by atoms with Crippen LogP contribution in [-0.4, -0.2) is 73.4 Å². The maximum atomic E-state index is 9.93. The van der Waals surface area contributed by atoms with Crippen LogP contribution in [0.2, 0.25) is 0 Å². The van der Waals surface area contributed by atoms with Crippen LogP contribution < -0.4 is 17.2 Å². The normalized spacial score (nSPS) is 14.7. The molecule has 0 heterocycles. The fourth-order valence-corrected chi connectivity index (χ4v) is 2.01. The molecule has 11 heteroatoms. The molecule has 0 amide bonds. The fourth-order valence-electron chi connectivity index (χ4n) is 2.01. The van der Waals surface area contributed by atoms with E-state index in [0.717, 1.165) is 11.3 Å². The van der Waals surface area contributed by atoms with Crippen LogP contribution in [0.15, 0.2) is 21.6 Å². The van der Waals surface area contributed by atoms with Gasteiger partial charge in [0.15, 0.2) is 0 Å². The zero-order valence-electron chi connectivity index (χ0n) is 16.8. The predicted molar refractivity (Wildman–Crippen MR) is 105 cm³/mol. The van der Waals surface area contributed by atoms with Crippen molar-refractivity contribution in [1.82, 2.24) is 0 Å². The summed E-state index contributed by atoms with van der Waals surface area (Å²) >= 11 is 0. The Morgan fingerprint density at radius 3 is 1.50 bits per heavy atom. The second-order valence-corrected chi connectivity index (χ2v) is 6.77. The third-order valence-corrected chi connectivity index (χ3v) is 3.98. The largest absolute Gasteiger partial charge is 0.409 e. The van der Waals surface area contributed by atoms with Crippen molar-refractivity contribution in [3.05, 3.63) is 11.3 Å². The Hall–Kier alpha value is -2.08. The molecule has 0 spiro atoms. The average Bonchev–Trinajstić information content (AvgIpc) is 2.70. The number of ether oxygens (including phenoxy) is 3. The number of allylic oxidation sites excluding steroid dienone is 1. The highest BCUT2D eigenvalue weighted by atomic mass is 16.5. The molecule has 0 aromatic carbocycles. The number of nitrogens with zero attached hydrogens (tertiary/aromatic N) is 2. The third-order valence-electron chi connectivity index (χ3n) is 3.98. The molecule has 0 aliphatic carbocycles. The highest BCUT2D eigenvalue weighted by Crippen LogP contribution is 2.20. The van der Waals surface area contributed by atoms with E-state index in [0.29, 0.717) is 13.0 Å². The van der Waals surface area contributed by atoms with Gasteiger partial charge in [0, 0.05) is 25.0 Å². The highest BCUT2D eigenvalue weighted by Gasteiger charge is 2.31. The van der Waals surface area contributed by atoms with Gasteiger partial charge in [0.05, 0.1) is 51.7 Å². The minimum atomic E-state index is -0.810. The number of nitrogens with two attached hydrogens (primary N) is 3. The predicted octanol–water partition coefficient (Wildman–Crippen LogP) is -0.0694. The molecule has 0 saturated heterocycles. The van der Waals surface area contributed by atoms with Gasteiger partial charge in [0.25, 0.3) is 0 Å². The zero-order valence-corrected chi connectivity index (χ0v) is 16.8. The summed E-state index contributed by atoms with van der Waals surface area (Å²) in [5, 5.41) is 32.8. The van der Waals surface area contributed by atoms with Crippen LogP contribution in [0.4, 0.5) is 0 Å². The topological polar surface area (TPSA) is 191 Å². The van der Waals surface area contributed by atoms with Crippen LogP contribution in [0.5, 0.6) is 0 Å². The van der Waals surface area contributed by atoms with Gasteiger partial charge in [-0.25, -0.2) is 0 Å². The van der Waals surface area contributed by atoms with Crippen LogP contribution in [0.1, 0.15) is 33.1 Å². The molecule has 0 bridgehead atoms. The van der Waals surface area contributed by atoms with E-state index in [4.69, 9.17) is 41.8 Å². The lowest BCUT2D eigenvalue weighted by Gasteiger charge is -2.31. The molecule has 0 radical (unpaired) electrons. The lowest BCUT2D eigenvalue weighted by molar-refractivity contribution is -0.0909. The summed E-state index contributed by atoms with van der Waals surface area (Å²) in [6, 6.07) is 0. The summed E-state index contributed by atoms with van der Waals surface area (Å²) in [7, 11) is 0.